The summed E-state index contributed by atoms with van der Waals surface area (Å²) in [6.07, 6.45) is 7.65. The summed E-state index contributed by atoms with van der Waals surface area (Å²) in [5, 5.41) is 5.49. The Morgan fingerprint density at radius 3 is 1.30 bits per heavy atom. The predicted molar refractivity (Wildman–Crippen MR) is 210 cm³/mol. The average Bonchev–Trinajstić information content (AvgIpc) is 3.60. The van der Waals surface area contributed by atoms with Gasteiger partial charge in [0.1, 0.15) is 0 Å². The van der Waals surface area contributed by atoms with E-state index < -0.39 is 0 Å². The molecule has 0 saturated heterocycles. The molecule has 1 aliphatic rings. The molecule has 0 amide bonds. The van der Waals surface area contributed by atoms with Crippen molar-refractivity contribution in [2.45, 2.75) is 80.1 Å². The van der Waals surface area contributed by atoms with Gasteiger partial charge < -0.3 is 0 Å². The molecule has 0 aromatic heterocycles. The quantitative estimate of drug-likeness (QED) is 0.158. The maximum atomic E-state index is 3.26. The van der Waals surface area contributed by atoms with E-state index in [9.17, 15) is 0 Å². The van der Waals surface area contributed by atoms with E-state index in [1.54, 1.807) is 0 Å². The van der Waals surface area contributed by atoms with Crippen LogP contribution >= 0.6 is 24.8 Å². The van der Waals surface area contributed by atoms with Crippen LogP contribution in [0, 0.1) is 17.4 Å². The molecule has 1 aliphatic carbocycles. The Balaban J connectivity index is 0.000000258. The standard InChI is InChI=1S/C21H25.C13H10.C10H15.2ClH.Zr/c1-20(2,3)16-9-7-14-11-15-8-10-17(21(4,5)6)13-19(15)18(14)12-16;1-3-7-12(8-4-1)11-13-9-5-2-6-10-13;1-8-5-6-9(7-8)10(2,3)4;;;/h7-13H,1-6H3;1-10H;6-8H,1-4H3;2*1H;/q-1;;-1;;;+2. The first-order chi connectivity index (χ1) is 21.0. The van der Waals surface area contributed by atoms with Crippen LogP contribution in [0.15, 0.2) is 121 Å². The summed E-state index contributed by atoms with van der Waals surface area (Å²) in [5.41, 5.74) is 7.58. The van der Waals surface area contributed by atoms with Crippen molar-refractivity contribution in [3.8, 4) is 0 Å². The molecule has 1 unspecified atom stereocenters. The Hall–Kier alpha value is -2.44. The van der Waals surface area contributed by atoms with Gasteiger partial charge in [-0.25, -0.2) is 6.08 Å². The molecule has 246 valence electrons. The molecule has 1 atom stereocenters. The number of allylic oxidation sites excluding steroid dienone is 4. The Morgan fingerprint density at radius 1 is 0.596 bits per heavy atom. The van der Waals surface area contributed by atoms with Gasteiger partial charge in [0.05, 0.1) is 0 Å². The van der Waals surface area contributed by atoms with Crippen molar-refractivity contribution in [1.82, 2.24) is 0 Å². The Labute approximate surface area is 312 Å². The van der Waals surface area contributed by atoms with E-state index in [2.05, 4.69) is 191 Å². The molecule has 0 N–H and O–H groups in total. The molecule has 0 spiro atoms. The summed E-state index contributed by atoms with van der Waals surface area (Å²) in [4.78, 5) is 0. The van der Waals surface area contributed by atoms with Crippen LogP contribution in [0.2, 0.25) is 0 Å². The minimum absolute atomic E-state index is 0. The van der Waals surface area contributed by atoms with E-state index >= 15 is 0 Å². The number of benzene rings is 4. The first-order valence-corrected chi connectivity index (χ1v) is 17.4. The van der Waals surface area contributed by atoms with Gasteiger partial charge in [0, 0.05) is 0 Å². The second-order valence-electron chi connectivity index (χ2n) is 15.3. The Morgan fingerprint density at radius 2 is 1.00 bits per heavy atom. The van der Waals surface area contributed by atoms with Gasteiger partial charge in [0.2, 0.25) is 0 Å². The van der Waals surface area contributed by atoms with Crippen LogP contribution in [-0.2, 0) is 35.1 Å². The molecule has 5 aromatic rings. The molecule has 3 heteroatoms. The number of rotatable bonds is 2. The SMILES string of the molecule is CC(C)(C)c1ccc2[cH-]c3ccc(C(C)(C)C)cc3c2c1.CC1[C-]=CC(C(C)(C)C)=C1.Cl.Cl.[Zr+2]=[C](c1ccccc1)c1ccccc1. The minimum atomic E-state index is 0. The van der Waals surface area contributed by atoms with E-state index in [1.165, 1.54) is 76.8 Å². The van der Waals surface area contributed by atoms with Gasteiger partial charge in [-0.05, 0) is 10.8 Å². The van der Waals surface area contributed by atoms with Gasteiger partial charge in [0.25, 0.3) is 0 Å². The van der Waals surface area contributed by atoms with Crippen LogP contribution in [0.5, 0.6) is 0 Å². The van der Waals surface area contributed by atoms with Crippen molar-refractivity contribution in [3.63, 3.8) is 0 Å². The molecule has 0 radical (unpaired) electrons. The molecule has 0 nitrogen and oxygen atoms in total. The first kappa shape index (κ1) is 40.7. The average molecular weight is 743 g/mol. The second-order valence-corrected chi connectivity index (χ2v) is 16.6. The normalized spacial score (nSPS) is 14.2. The summed E-state index contributed by atoms with van der Waals surface area (Å²) >= 11 is 1.46. The zero-order valence-corrected chi connectivity index (χ0v) is 34.0. The van der Waals surface area contributed by atoms with E-state index in [0.717, 1.165) is 0 Å². The molecular formula is C44H52Cl2Zr. The molecule has 0 saturated carbocycles. The molecule has 5 aromatic carbocycles. The van der Waals surface area contributed by atoms with Gasteiger partial charge >= 0.3 is 99.2 Å². The number of halogens is 2. The second kappa shape index (κ2) is 16.8. The topological polar surface area (TPSA) is 0 Å². The molecule has 0 aliphatic heterocycles. The van der Waals surface area contributed by atoms with E-state index in [-0.39, 0.29) is 35.6 Å². The zero-order valence-electron chi connectivity index (χ0n) is 29.9. The fraction of sp³-hybridized carbons (Fsp3) is 0.318. The molecule has 0 fully saturated rings. The van der Waals surface area contributed by atoms with Crippen LogP contribution in [0.1, 0.15) is 91.5 Å². The van der Waals surface area contributed by atoms with Crippen LogP contribution in [0.25, 0.3) is 21.5 Å². The van der Waals surface area contributed by atoms with Gasteiger partial charge in [-0.1, -0.05) is 116 Å². The number of hydrogen-bond donors (Lipinski definition) is 0. The zero-order chi connectivity index (χ0) is 33.0. The first-order valence-electron chi connectivity index (χ1n) is 16.2. The predicted octanol–water partition coefficient (Wildman–Crippen LogP) is 12.9. The molecule has 0 bridgehead atoms. The van der Waals surface area contributed by atoms with Crippen molar-refractivity contribution in [3.05, 3.63) is 149 Å². The van der Waals surface area contributed by atoms with Gasteiger partial charge in [-0.2, -0.15) is 11.6 Å². The van der Waals surface area contributed by atoms with Gasteiger partial charge in [0.15, 0.2) is 0 Å². The summed E-state index contributed by atoms with van der Waals surface area (Å²) in [6, 6.07) is 37.3. The number of fused-ring (bicyclic) bond motifs is 3. The monoisotopic (exact) mass is 740 g/mol. The van der Waals surface area contributed by atoms with Crippen molar-refractivity contribution in [1.29, 1.82) is 0 Å². The van der Waals surface area contributed by atoms with E-state index in [1.807, 2.05) is 0 Å². The van der Waals surface area contributed by atoms with Gasteiger partial charge in [-0.15, -0.1) is 64.6 Å². The van der Waals surface area contributed by atoms with E-state index in [0.29, 0.717) is 11.3 Å². The van der Waals surface area contributed by atoms with Crippen LogP contribution < -0.4 is 0 Å². The van der Waals surface area contributed by atoms with Crippen molar-refractivity contribution >= 4 is 49.6 Å². The number of hydrogen-bond acceptors (Lipinski definition) is 0. The van der Waals surface area contributed by atoms with E-state index in [4.69, 9.17) is 0 Å². The third-order valence-electron chi connectivity index (χ3n) is 8.36. The third kappa shape index (κ3) is 11.0. The van der Waals surface area contributed by atoms with Crippen molar-refractivity contribution in [2.75, 3.05) is 0 Å². The molecule has 0 heterocycles. The fourth-order valence-corrected chi connectivity index (χ4v) is 6.18. The summed E-state index contributed by atoms with van der Waals surface area (Å²) in [6.45, 7) is 22.5. The Bertz CT molecular complexity index is 1690. The maximum absolute atomic E-state index is 3.26. The fourth-order valence-electron chi connectivity index (χ4n) is 5.36. The van der Waals surface area contributed by atoms with Crippen LogP contribution in [-0.4, -0.2) is 3.21 Å². The summed E-state index contributed by atoms with van der Waals surface area (Å²) < 4.78 is 1.42. The van der Waals surface area contributed by atoms with Crippen molar-refractivity contribution < 1.29 is 24.2 Å². The van der Waals surface area contributed by atoms with Gasteiger partial charge in [-0.3, -0.25) is 6.08 Å². The summed E-state index contributed by atoms with van der Waals surface area (Å²) in [5.74, 6) is 0.522. The van der Waals surface area contributed by atoms with Crippen molar-refractivity contribution in [2.24, 2.45) is 11.3 Å². The molecule has 47 heavy (non-hydrogen) atoms. The van der Waals surface area contributed by atoms with Crippen LogP contribution in [0.3, 0.4) is 0 Å². The summed E-state index contributed by atoms with van der Waals surface area (Å²) in [7, 11) is 0. The molecule has 6 rings (SSSR count). The molecular weight excluding hydrogens is 691 g/mol. The third-order valence-corrected chi connectivity index (χ3v) is 9.78. The Kier molecular flexibility index (Phi) is 14.6. The van der Waals surface area contributed by atoms with Crippen LogP contribution in [0.4, 0.5) is 0 Å².